The Morgan fingerprint density at radius 2 is 2.04 bits per heavy atom. The van der Waals surface area contributed by atoms with Crippen LogP contribution in [0.3, 0.4) is 0 Å². The Kier molecular flexibility index (Phi) is 5.63. The van der Waals surface area contributed by atoms with E-state index in [1.807, 2.05) is 22.8 Å². The Morgan fingerprint density at radius 1 is 1.25 bits per heavy atom. The van der Waals surface area contributed by atoms with Crippen LogP contribution in [0, 0.1) is 17.8 Å². The summed E-state index contributed by atoms with van der Waals surface area (Å²) in [5.74, 6) is 0.495. The van der Waals surface area contributed by atoms with E-state index in [0.29, 0.717) is 37.9 Å². The molecule has 2 amide bonds. The molecule has 0 saturated carbocycles. The smallest absolute Gasteiger partial charge is 0.227 e. The molecule has 2 bridgehead atoms. The number of hydrogen-bond acceptors (Lipinski definition) is 6. The number of nitrogens with one attached hydrogen (secondary N) is 1. The molecule has 0 radical (unpaired) electrons. The fraction of sp³-hybridized carbons (Fsp3) is 0.789. The molecular formula is C19H31N7O2. The van der Waals surface area contributed by atoms with Gasteiger partial charge in [-0.1, -0.05) is 5.21 Å². The van der Waals surface area contributed by atoms with Gasteiger partial charge in [-0.25, -0.2) is 0 Å². The first-order valence-corrected chi connectivity index (χ1v) is 10.4. The summed E-state index contributed by atoms with van der Waals surface area (Å²) in [5, 5.41) is 11.5. The first-order chi connectivity index (χ1) is 13.5. The van der Waals surface area contributed by atoms with Crippen LogP contribution >= 0.6 is 0 Å². The van der Waals surface area contributed by atoms with Gasteiger partial charge in [-0.05, 0) is 45.2 Å². The Labute approximate surface area is 165 Å². The highest BCUT2D eigenvalue weighted by Gasteiger charge is 2.45. The van der Waals surface area contributed by atoms with Gasteiger partial charge in [0.1, 0.15) is 0 Å². The number of fused-ring (bicyclic) bond motifs is 3. The second-order valence-corrected chi connectivity index (χ2v) is 8.50. The SMILES string of the molecule is CNCc1cn(CC2CC3CCN2CC3C(=O)N2CCC(C(N)=O)CC2)nn1. The van der Waals surface area contributed by atoms with Crippen molar-refractivity contribution in [3.05, 3.63) is 11.9 Å². The molecule has 0 spiro atoms. The van der Waals surface area contributed by atoms with Crippen LogP contribution in [-0.2, 0) is 22.7 Å². The maximum atomic E-state index is 13.1. The molecule has 28 heavy (non-hydrogen) atoms. The molecule has 1 aromatic heterocycles. The number of nitrogens with two attached hydrogens (primary N) is 1. The molecule has 4 saturated heterocycles. The second-order valence-electron chi connectivity index (χ2n) is 8.50. The third kappa shape index (κ3) is 3.91. The van der Waals surface area contributed by atoms with E-state index >= 15 is 0 Å². The number of primary amides is 1. The Morgan fingerprint density at radius 3 is 2.68 bits per heavy atom. The lowest BCUT2D eigenvalue weighted by molar-refractivity contribution is -0.146. The van der Waals surface area contributed by atoms with Gasteiger partial charge >= 0.3 is 0 Å². The van der Waals surface area contributed by atoms with Gasteiger partial charge in [0.05, 0.1) is 18.2 Å². The first-order valence-electron chi connectivity index (χ1n) is 10.4. The van der Waals surface area contributed by atoms with Crippen molar-refractivity contribution in [1.29, 1.82) is 0 Å². The maximum Gasteiger partial charge on any atom is 0.227 e. The van der Waals surface area contributed by atoms with Gasteiger partial charge in [0.15, 0.2) is 0 Å². The summed E-state index contributed by atoms with van der Waals surface area (Å²) in [6.07, 6.45) is 5.53. The van der Waals surface area contributed by atoms with E-state index in [-0.39, 0.29) is 23.7 Å². The summed E-state index contributed by atoms with van der Waals surface area (Å²) in [6, 6.07) is 0.424. The molecule has 5 heterocycles. The predicted octanol–water partition coefficient (Wildman–Crippen LogP) is -0.568. The predicted molar refractivity (Wildman–Crippen MR) is 103 cm³/mol. The molecule has 4 atom stereocenters. The van der Waals surface area contributed by atoms with Crippen molar-refractivity contribution in [3.63, 3.8) is 0 Å². The molecule has 4 fully saturated rings. The molecule has 0 aromatic carbocycles. The van der Waals surface area contributed by atoms with E-state index in [4.69, 9.17) is 5.73 Å². The van der Waals surface area contributed by atoms with Crippen molar-refractivity contribution in [2.75, 3.05) is 33.2 Å². The van der Waals surface area contributed by atoms with Crippen molar-refractivity contribution < 1.29 is 9.59 Å². The van der Waals surface area contributed by atoms with Crippen molar-refractivity contribution in [1.82, 2.24) is 30.1 Å². The van der Waals surface area contributed by atoms with Crippen LogP contribution in [0.2, 0.25) is 0 Å². The van der Waals surface area contributed by atoms with E-state index in [0.717, 1.165) is 44.7 Å². The third-order valence-electron chi connectivity index (χ3n) is 6.75. The summed E-state index contributed by atoms with van der Waals surface area (Å²) in [5.41, 5.74) is 6.36. The zero-order chi connectivity index (χ0) is 19.7. The average Bonchev–Trinajstić information content (AvgIpc) is 3.15. The van der Waals surface area contributed by atoms with Crippen LogP contribution in [0.25, 0.3) is 0 Å². The molecule has 0 aliphatic carbocycles. The van der Waals surface area contributed by atoms with Gasteiger partial charge < -0.3 is 16.0 Å². The number of amides is 2. The van der Waals surface area contributed by atoms with Crippen LogP contribution in [-0.4, -0.2) is 75.9 Å². The van der Waals surface area contributed by atoms with Crippen LogP contribution in [0.15, 0.2) is 6.20 Å². The highest BCUT2D eigenvalue weighted by atomic mass is 16.2. The summed E-state index contributed by atoms with van der Waals surface area (Å²) < 4.78 is 1.93. The first kappa shape index (κ1) is 19.3. The average molecular weight is 390 g/mol. The standard InChI is InChI=1S/C19H31N7O2/c1-21-9-15-10-26(23-22-15)11-16-8-14-4-7-25(16)12-17(14)19(28)24-5-2-13(3-6-24)18(20)27/h10,13-14,16-17,21H,2-9,11-12H2,1H3,(H2,20,27). The Hall–Kier alpha value is -2.00. The quantitative estimate of drug-likeness (QED) is 0.675. The van der Waals surface area contributed by atoms with Crippen molar-refractivity contribution in [2.45, 2.75) is 44.8 Å². The van der Waals surface area contributed by atoms with Gasteiger partial charge in [-0.15, -0.1) is 5.10 Å². The van der Waals surface area contributed by atoms with Crippen molar-refractivity contribution >= 4 is 11.8 Å². The van der Waals surface area contributed by atoms with Gasteiger partial charge in [-0.2, -0.15) is 0 Å². The summed E-state index contributed by atoms with van der Waals surface area (Å²) in [7, 11) is 1.90. The van der Waals surface area contributed by atoms with Crippen molar-refractivity contribution in [2.24, 2.45) is 23.5 Å². The molecule has 4 aliphatic rings. The Bertz CT molecular complexity index is 713. The van der Waals surface area contributed by atoms with E-state index in [1.165, 1.54) is 0 Å². The molecule has 4 unspecified atom stereocenters. The third-order valence-corrected chi connectivity index (χ3v) is 6.75. The van der Waals surface area contributed by atoms with Crippen LogP contribution < -0.4 is 11.1 Å². The monoisotopic (exact) mass is 389 g/mol. The second kappa shape index (κ2) is 8.16. The van der Waals surface area contributed by atoms with E-state index in [9.17, 15) is 9.59 Å². The number of likely N-dealkylation sites (tertiary alicyclic amines) is 1. The number of nitrogens with zero attached hydrogens (tertiary/aromatic N) is 5. The zero-order valence-corrected chi connectivity index (χ0v) is 16.6. The number of aromatic nitrogens is 3. The topological polar surface area (TPSA) is 109 Å². The maximum absolute atomic E-state index is 13.1. The van der Waals surface area contributed by atoms with E-state index < -0.39 is 0 Å². The van der Waals surface area contributed by atoms with Gasteiger partial charge in [-0.3, -0.25) is 19.2 Å². The van der Waals surface area contributed by atoms with E-state index in [1.54, 1.807) is 0 Å². The van der Waals surface area contributed by atoms with Crippen molar-refractivity contribution in [3.8, 4) is 0 Å². The van der Waals surface area contributed by atoms with Gasteiger partial charge in [0.25, 0.3) is 0 Å². The lowest BCUT2D eigenvalue weighted by atomic mass is 9.74. The van der Waals surface area contributed by atoms with Gasteiger partial charge in [0, 0.05) is 44.3 Å². The van der Waals surface area contributed by atoms with Crippen LogP contribution in [0.1, 0.15) is 31.4 Å². The molecule has 9 nitrogen and oxygen atoms in total. The normalized spacial score (nSPS) is 30.5. The van der Waals surface area contributed by atoms with E-state index in [2.05, 4.69) is 20.5 Å². The largest absolute Gasteiger partial charge is 0.369 e. The zero-order valence-electron chi connectivity index (χ0n) is 16.6. The minimum absolute atomic E-state index is 0.0736. The number of hydrogen-bond donors (Lipinski definition) is 2. The molecule has 3 N–H and O–H groups in total. The molecular weight excluding hydrogens is 358 g/mol. The molecule has 4 aliphatic heterocycles. The molecule has 9 heteroatoms. The van der Waals surface area contributed by atoms with Gasteiger partial charge in [0.2, 0.25) is 11.8 Å². The Balaban J connectivity index is 1.33. The summed E-state index contributed by atoms with van der Waals surface area (Å²) in [4.78, 5) is 28.9. The summed E-state index contributed by atoms with van der Waals surface area (Å²) >= 11 is 0. The highest BCUT2D eigenvalue weighted by Crippen LogP contribution is 2.38. The molecule has 5 rings (SSSR count). The number of carbonyl (C=O) groups is 2. The number of rotatable bonds is 6. The minimum atomic E-state index is -0.233. The minimum Gasteiger partial charge on any atom is -0.369 e. The lowest BCUT2D eigenvalue weighted by Gasteiger charge is -2.50. The highest BCUT2D eigenvalue weighted by molar-refractivity contribution is 5.81. The lowest BCUT2D eigenvalue weighted by Crippen LogP contribution is -2.59. The molecule has 1 aromatic rings. The van der Waals surface area contributed by atoms with Crippen LogP contribution in [0.5, 0.6) is 0 Å². The fourth-order valence-corrected chi connectivity index (χ4v) is 5.13. The summed E-state index contributed by atoms with van der Waals surface area (Å²) in [6.45, 7) is 4.76. The number of piperidine rings is 4. The molecule has 154 valence electrons. The van der Waals surface area contributed by atoms with Crippen LogP contribution in [0.4, 0.5) is 0 Å². The number of carbonyl (C=O) groups excluding carboxylic acids is 2. The fourth-order valence-electron chi connectivity index (χ4n) is 5.13.